The molecule has 0 unspecified atom stereocenters. The highest BCUT2D eigenvalue weighted by Gasteiger charge is 2.20. The monoisotopic (exact) mass is 361 g/mol. The largest absolute Gasteiger partial charge is 0.426 e. The van der Waals surface area contributed by atoms with Crippen LogP contribution in [0.2, 0.25) is 0 Å². The molecule has 27 heavy (non-hydrogen) atoms. The molecule has 3 aromatic rings. The highest BCUT2D eigenvalue weighted by molar-refractivity contribution is 6.12. The lowest BCUT2D eigenvalue weighted by atomic mass is 10.0. The van der Waals surface area contributed by atoms with E-state index in [9.17, 15) is 0 Å². The first kappa shape index (κ1) is 18.0. The quantitative estimate of drug-likeness (QED) is 0.347. The molecule has 1 aromatic carbocycles. The lowest BCUT2D eigenvalue weighted by Gasteiger charge is -2.17. The fourth-order valence-corrected chi connectivity index (χ4v) is 2.60. The molecule has 0 aliphatic carbocycles. The summed E-state index contributed by atoms with van der Waals surface area (Å²) in [6.45, 7) is 3.07. The number of hydrogen-bond acceptors (Lipinski definition) is 7. The molecule has 0 aliphatic rings. The van der Waals surface area contributed by atoms with Crippen molar-refractivity contribution in [1.29, 1.82) is 16.2 Å². The maximum Gasteiger partial charge on any atom is 0.221 e. The van der Waals surface area contributed by atoms with E-state index in [-0.39, 0.29) is 17.5 Å². The smallest absolute Gasteiger partial charge is 0.221 e. The summed E-state index contributed by atoms with van der Waals surface area (Å²) >= 11 is 0. The van der Waals surface area contributed by atoms with Crippen molar-refractivity contribution in [2.45, 2.75) is 13.8 Å². The number of hydrogen-bond donors (Lipinski definition) is 5. The summed E-state index contributed by atoms with van der Waals surface area (Å²) in [4.78, 5) is 4.62. The van der Waals surface area contributed by atoms with E-state index in [4.69, 9.17) is 21.0 Å². The van der Waals surface area contributed by atoms with Crippen LogP contribution in [-0.2, 0) is 4.74 Å². The van der Waals surface area contributed by atoms with Crippen molar-refractivity contribution in [3.05, 3.63) is 59.8 Å². The van der Waals surface area contributed by atoms with Gasteiger partial charge in [-0.3, -0.25) is 15.9 Å². The zero-order valence-corrected chi connectivity index (χ0v) is 14.9. The van der Waals surface area contributed by atoms with Gasteiger partial charge < -0.3 is 15.5 Å². The molecule has 0 atom stereocenters. The number of rotatable bonds is 5. The fraction of sp³-hybridized carbons (Fsp3) is 0.105. The summed E-state index contributed by atoms with van der Waals surface area (Å²) in [5.74, 6) is 0.0983. The highest BCUT2D eigenvalue weighted by Crippen LogP contribution is 2.28. The predicted octanol–water partition coefficient (Wildman–Crippen LogP) is 3.94. The molecule has 3 rings (SSSR count). The van der Waals surface area contributed by atoms with Crippen LogP contribution in [0.5, 0.6) is 0 Å². The molecular weight excluding hydrogens is 342 g/mol. The Morgan fingerprint density at radius 1 is 1.07 bits per heavy atom. The van der Waals surface area contributed by atoms with Gasteiger partial charge in [-0.2, -0.15) is 5.10 Å². The first-order valence-corrected chi connectivity index (χ1v) is 8.20. The Morgan fingerprint density at radius 3 is 2.41 bits per heavy atom. The summed E-state index contributed by atoms with van der Waals surface area (Å²) in [5, 5.41) is 34.0. The van der Waals surface area contributed by atoms with Gasteiger partial charge in [0.2, 0.25) is 5.90 Å². The van der Waals surface area contributed by atoms with E-state index in [1.165, 1.54) is 6.92 Å². The van der Waals surface area contributed by atoms with E-state index < -0.39 is 0 Å². The van der Waals surface area contributed by atoms with Gasteiger partial charge in [-0.1, -0.05) is 18.2 Å². The SMILES string of the molecule is CC(=N)OC(=N)c1cc(-c2ccn[nH]2)nc(Nc2ccccc2)c1C(C)=N. The van der Waals surface area contributed by atoms with E-state index in [0.29, 0.717) is 28.3 Å². The standard InChI is InChI=1S/C19H19N7O/c1-11(20)17-14(18(22)27-12(2)21)10-16(15-8-9-23-26-15)25-19(17)24-13-6-4-3-5-7-13/h3-10,20-22H,1-2H3,(H,23,26)(H,24,25). The molecule has 2 aromatic heterocycles. The molecule has 136 valence electrons. The van der Waals surface area contributed by atoms with Crippen molar-refractivity contribution in [2.75, 3.05) is 5.32 Å². The molecule has 0 radical (unpaired) electrons. The molecule has 0 bridgehead atoms. The van der Waals surface area contributed by atoms with Crippen LogP contribution in [0, 0.1) is 16.2 Å². The van der Waals surface area contributed by atoms with Gasteiger partial charge >= 0.3 is 0 Å². The molecule has 8 nitrogen and oxygen atoms in total. The van der Waals surface area contributed by atoms with Gasteiger partial charge in [-0.05, 0) is 31.2 Å². The summed E-state index contributed by atoms with van der Waals surface area (Å²) in [6, 6.07) is 12.9. The Kier molecular flexibility index (Phi) is 5.07. The molecule has 2 heterocycles. The summed E-state index contributed by atoms with van der Waals surface area (Å²) in [7, 11) is 0. The maximum absolute atomic E-state index is 8.25. The second-order valence-corrected chi connectivity index (χ2v) is 5.85. The first-order valence-electron chi connectivity index (χ1n) is 8.20. The number of aromatic amines is 1. The topological polar surface area (TPSA) is 134 Å². The molecule has 8 heteroatoms. The average molecular weight is 361 g/mol. The van der Waals surface area contributed by atoms with Crippen LogP contribution in [0.3, 0.4) is 0 Å². The number of aromatic nitrogens is 3. The predicted molar refractivity (Wildman–Crippen MR) is 105 cm³/mol. The van der Waals surface area contributed by atoms with E-state index in [0.717, 1.165) is 5.69 Å². The number of benzene rings is 1. The lowest BCUT2D eigenvalue weighted by molar-refractivity contribution is 0.532. The number of nitrogens with zero attached hydrogens (tertiary/aromatic N) is 2. The van der Waals surface area contributed by atoms with Gasteiger partial charge in [0.15, 0.2) is 5.90 Å². The molecule has 0 amide bonds. The zero-order chi connectivity index (χ0) is 19.4. The normalized spacial score (nSPS) is 10.3. The number of pyridine rings is 1. The zero-order valence-electron chi connectivity index (χ0n) is 14.9. The second-order valence-electron chi connectivity index (χ2n) is 5.85. The summed E-state index contributed by atoms with van der Waals surface area (Å²) in [5.41, 5.74) is 3.04. The summed E-state index contributed by atoms with van der Waals surface area (Å²) < 4.78 is 5.19. The summed E-state index contributed by atoms with van der Waals surface area (Å²) in [6.07, 6.45) is 1.61. The van der Waals surface area contributed by atoms with E-state index in [1.54, 1.807) is 25.3 Å². The van der Waals surface area contributed by atoms with Crippen LogP contribution in [-0.4, -0.2) is 32.7 Å². The Balaban J connectivity index is 2.19. The number of H-pyrrole nitrogens is 1. The molecule has 0 saturated carbocycles. The average Bonchev–Trinajstić information content (AvgIpc) is 3.15. The second kappa shape index (κ2) is 7.61. The van der Waals surface area contributed by atoms with Crippen LogP contribution >= 0.6 is 0 Å². The van der Waals surface area contributed by atoms with Gasteiger partial charge in [0.05, 0.1) is 22.5 Å². The van der Waals surface area contributed by atoms with Gasteiger partial charge in [0, 0.05) is 24.5 Å². The number of ether oxygens (including phenoxy) is 1. The van der Waals surface area contributed by atoms with Crippen LogP contribution in [0.1, 0.15) is 25.0 Å². The minimum atomic E-state index is -0.219. The van der Waals surface area contributed by atoms with Crippen molar-refractivity contribution < 1.29 is 4.74 Å². The Labute approximate surface area is 156 Å². The van der Waals surface area contributed by atoms with Crippen LogP contribution in [0.15, 0.2) is 48.7 Å². The van der Waals surface area contributed by atoms with Gasteiger partial charge in [-0.25, -0.2) is 4.98 Å². The molecular formula is C19H19N7O. The molecule has 0 fully saturated rings. The third-order valence-corrected chi connectivity index (χ3v) is 3.71. The van der Waals surface area contributed by atoms with Crippen molar-refractivity contribution in [3.8, 4) is 11.4 Å². The first-order chi connectivity index (χ1) is 13.0. The highest BCUT2D eigenvalue weighted by atomic mass is 16.5. The van der Waals surface area contributed by atoms with E-state index >= 15 is 0 Å². The molecule has 0 saturated heterocycles. The minimum Gasteiger partial charge on any atom is -0.426 e. The van der Waals surface area contributed by atoms with Crippen molar-refractivity contribution in [1.82, 2.24) is 15.2 Å². The van der Waals surface area contributed by atoms with Gasteiger partial charge in [0.25, 0.3) is 0 Å². The third kappa shape index (κ3) is 4.06. The minimum absolute atomic E-state index is 0.106. The van der Waals surface area contributed by atoms with Crippen LogP contribution in [0.4, 0.5) is 11.5 Å². The Morgan fingerprint density at radius 2 is 1.81 bits per heavy atom. The third-order valence-electron chi connectivity index (χ3n) is 3.71. The van der Waals surface area contributed by atoms with Crippen molar-refractivity contribution in [3.63, 3.8) is 0 Å². The van der Waals surface area contributed by atoms with Crippen molar-refractivity contribution in [2.24, 2.45) is 0 Å². The molecule has 0 spiro atoms. The fourth-order valence-electron chi connectivity index (χ4n) is 2.60. The lowest BCUT2D eigenvalue weighted by Crippen LogP contribution is -2.16. The number of anilines is 2. The maximum atomic E-state index is 8.25. The van der Waals surface area contributed by atoms with E-state index in [2.05, 4.69) is 20.5 Å². The Bertz CT molecular complexity index is 994. The van der Waals surface area contributed by atoms with Crippen molar-refractivity contribution >= 4 is 29.0 Å². The number of nitrogens with one attached hydrogen (secondary N) is 5. The Hall–Kier alpha value is -3.81. The number of para-hydroxylation sites is 1. The van der Waals surface area contributed by atoms with Gasteiger partial charge in [0.1, 0.15) is 5.82 Å². The molecule has 5 N–H and O–H groups in total. The van der Waals surface area contributed by atoms with E-state index in [1.807, 2.05) is 30.3 Å². The van der Waals surface area contributed by atoms with Crippen LogP contribution < -0.4 is 5.32 Å². The van der Waals surface area contributed by atoms with Crippen LogP contribution in [0.25, 0.3) is 11.4 Å². The van der Waals surface area contributed by atoms with Gasteiger partial charge in [-0.15, -0.1) is 0 Å². The molecule has 0 aliphatic heterocycles.